The second-order valence-electron chi connectivity index (χ2n) is 7.20. The number of hydrogen-bond acceptors (Lipinski definition) is 3. The predicted octanol–water partition coefficient (Wildman–Crippen LogP) is 3.73. The number of aromatic carboxylic acids is 1. The molecule has 0 saturated carbocycles. The number of nitrogens with zero attached hydrogens (tertiary/aromatic N) is 1. The second-order valence-corrected chi connectivity index (χ2v) is 9.37. The van der Waals surface area contributed by atoms with Crippen molar-refractivity contribution in [1.29, 1.82) is 0 Å². The number of hydrogen-bond donors (Lipinski definition) is 1. The van der Waals surface area contributed by atoms with Crippen LogP contribution < -0.4 is 16.0 Å². The molecule has 0 amide bonds. The Balaban J connectivity index is 2.21. The molecule has 0 fully saturated rings. The Labute approximate surface area is 165 Å². The van der Waals surface area contributed by atoms with Crippen molar-refractivity contribution >= 4 is 36.0 Å². The van der Waals surface area contributed by atoms with Crippen LogP contribution in [0, 0.1) is 0 Å². The molecule has 144 valence electrons. The van der Waals surface area contributed by atoms with Crippen LogP contribution in [-0.4, -0.2) is 27.3 Å². The van der Waals surface area contributed by atoms with Crippen molar-refractivity contribution in [3.05, 3.63) is 78.5 Å². The van der Waals surface area contributed by atoms with Crippen LogP contribution in [0.3, 0.4) is 0 Å². The summed E-state index contributed by atoms with van der Waals surface area (Å²) in [6, 6.07) is 22.7. The van der Waals surface area contributed by atoms with Gasteiger partial charge in [-0.25, -0.2) is 14.2 Å². The van der Waals surface area contributed by atoms with Crippen molar-refractivity contribution in [2.45, 2.75) is 26.4 Å². The van der Waals surface area contributed by atoms with Gasteiger partial charge in [0.25, 0.3) is 0 Å². The largest absolute Gasteiger partial charge is 0.477 e. The third-order valence-electron chi connectivity index (χ3n) is 3.91. The molecule has 0 radical (unpaired) electrons. The molecule has 0 atom stereocenters. The third-order valence-corrected chi connectivity index (χ3v) is 6.35. The molecule has 1 N–H and O–H groups in total. The van der Waals surface area contributed by atoms with E-state index in [1.807, 2.05) is 60.7 Å². The van der Waals surface area contributed by atoms with E-state index in [0.717, 1.165) is 10.6 Å². The number of carbonyl (C=O) groups is 2. The standard InChI is InChI=1S/C22H22NO4P/c1-22(2,3)27-21(26)23-18(20(24)25)14-15-19(23)28(16-10-6-4-7-11-16)17-12-8-5-9-13-17/h4-15H,1-3H3,(H,24,25). The van der Waals surface area contributed by atoms with E-state index in [-0.39, 0.29) is 5.69 Å². The summed E-state index contributed by atoms with van der Waals surface area (Å²) in [7, 11) is -1.15. The number of carboxylic acids is 1. The molecule has 3 aromatic rings. The summed E-state index contributed by atoms with van der Waals surface area (Å²) in [4.78, 5) is 24.7. The summed E-state index contributed by atoms with van der Waals surface area (Å²) in [6.45, 7) is 5.27. The molecular formula is C22H22NO4P. The van der Waals surface area contributed by atoms with Gasteiger partial charge in [0.15, 0.2) is 0 Å². The maximum absolute atomic E-state index is 12.9. The summed E-state index contributed by atoms with van der Waals surface area (Å²) < 4.78 is 6.70. The highest BCUT2D eigenvalue weighted by Crippen LogP contribution is 2.33. The molecule has 0 aliphatic heterocycles. The molecule has 0 saturated heterocycles. The normalized spacial score (nSPS) is 11.4. The minimum Gasteiger partial charge on any atom is -0.477 e. The van der Waals surface area contributed by atoms with Crippen LogP contribution in [0.15, 0.2) is 72.8 Å². The molecule has 0 aliphatic carbocycles. The highest BCUT2D eigenvalue weighted by atomic mass is 31.1. The maximum Gasteiger partial charge on any atom is 0.419 e. The third kappa shape index (κ3) is 4.32. The van der Waals surface area contributed by atoms with E-state index >= 15 is 0 Å². The van der Waals surface area contributed by atoms with Crippen LogP contribution in [0.25, 0.3) is 0 Å². The first-order valence-electron chi connectivity index (χ1n) is 8.86. The van der Waals surface area contributed by atoms with E-state index < -0.39 is 25.6 Å². The molecule has 1 aromatic heterocycles. The molecular weight excluding hydrogens is 373 g/mol. The van der Waals surface area contributed by atoms with Crippen LogP contribution in [-0.2, 0) is 4.74 Å². The number of ether oxygens (including phenoxy) is 1. The van der Waals surface area contributed by atoms with E-state index in [1.54, 1.807) is 26.8 Å². The fraction of sp³-hybridized carbons (Fsp3) is 0.182. The van der Waals surface area contributed by atoms with Crippen molar-refractivity contribution in [3.63, 3.8) is 0 Å². The van der Waals surface area contributed by atoms with Crippen LogP contribution in [0.1, 0.15) is 31.3 Å². The predicted molar refractivity (Wildman–Crippen MR) is 112 cm³/mol. The van der Waals surface area contributed by atoms with Gasteiger partial charge in [-0.2, -0.15) is 0 Å². The van der Waals surface area contributed by atoms with Crippen molar-refractivity contribution in [2.75, 3.05) is 0 Å². The lowest BCUT2D eigenvalue weighted by atomic mass is 10.2. The van der Waals surface area contributed by atoms with Gasteiger partial charge in [-0.3, -0.25) is 0 Å². The van der Waals surface area contributed by atoms with Gasteiger partial charge in [-0.05, 0) is 43.5 Å². The summed E-state index contributed by atoms with van der Waals surface area (Å²) in [6.07, 6.45) is -0.690. The van der Waals surface area contributed by atoms with Crippen molar-refractivity contribution in [2.24, 2.45) is 0 Å². The summed E-state index contributed by atoms with van der Waals surface area (Å²) in [5.74, 6) is -1.17. The number of carboxylic acid groups (broad SMARTS) is 1. The van der Waals surface area contributed by atoms with Crippen molar-refractivity contribution in [1.82, 2.24) is 4.57 Å². The average molecular weight is 395 g/mol. The van der Waals surface area contributed by atoms with Crippen LogP contribution in [0.4, 0.5) is 4.79 Å². The van der Waals surface area contributed by atoms with E-state index in [2.05, 4.69) is 0 Å². The molecule has 0 aliphatic rings. The lowest BCUT2D eigenvalue weighted by Crippen LogP contribution is -2.36. The Morgan fingerprint density at radius 1 is 0.857 bits per heavy atom. The van der Waals surface area contributed by atoms with Gasteiger partial charge in [-0.15, -0.1) is 0 Å². The monoisotopic (exact) mass is 395 g/mol. The summed E-state index contributed by atoms with van der Waals surface area (Å²) in [5, 5.41) is 11.7. The lowest BCUT2D eigenvalue weighted by molar-refractivity contribution is 0.0511. The fourth-order valence-electron chi connectivity index (χ4n) is 2.83. The topological polar surface area (TPSA) is 68.5 Å². The van der Waals surface area contributed by atoms with Gasteiger partial charge >= 0.3 is 12.1 Å². The molecule has 5 nitrogen and oxygen atoms in total. The number of rotatable bonds is 4. The zero-order valence-electron chi connectivity index (χ0n) is 16.0. The second kappa shape index (κ2) is 7.99. The quantitative estimate of drug-likeness (QED) is 0.684. The van der Waals surface area contributed by atoms with E-state index in [1.165, 1.54) is 10.6 Å². The van der Waals surface area contributed by atoms with E-state index in [9.17, 15) is 14.7 Å². The van der Waals surface area contributed by atoms with Gasteiger partial charge in [0, 0.05) is 7.92 Å². The van der Waals surface area contributed by atoms with Gasteiger partial charge in [0.2, 0.25) is 0 Å². The first-order chi connectivity index (χ1) is 13.3. The number of aromatic nitrogens is 1. The molecule has 0 bridgehead atoms. The highest BCUT2D eigenvalue weighted by Gasteiger charge is 2.29. The first-order valence-corrected chi connectivity index (χ1v) is 10.2. The Kier molecular flexibility index (Phi) is 5.66. The highest BCUT2D eigenvalue weighted by molar-refractivity contribution is 7.79. The van der Waals surface area contributed by atoms with Gasteiger partial charge in [0.1, 0.15) is 11.3 Å². The SMILES string of the molecule is CC(C)(C)OC(=O)n1c(C(=O)O)ccc1P(c1ccccc1)c1ccccc1. The zero-order chi connectivity index (χ0) is 20.3. The maximum atomic E-state index is 12.9. The van der Waals surface area contributed by atoms with E-state index in [4.69, 9.17) is 4.74 Å². The van der Waals surface area contributed by atoms with E-state index in [0.29, 0.717) is 5.44 Å². The smallest absolute Gasteiger partial charge is 0.419 e. The average Bonchev–Trinajstić information content (AvgIpc) is 3.07. The Morgan fingerprint density at radius 2 is 1.36 bits per heavy atom. The van der Waals surface area contributed by atoms with Crippen LogP contribution in [0.5, 0.6) is 0 Å². The number of benzene rings is 2. The lowest BCUT2D eigenvalue weighted by Gasteiger charge is -2.24. The van der Waals surface area contributed by atoms with Crippen LogP contribution in [0.2, 0.25) is 0 Å². The van der Waals surface area contributed by atoms with Gasteiger partial charge in [0.05, 0.1) is 5.44 Å². The van der Waals surface area contributed by atoms with Gasteiger partial charge in [-0.1, -0.05) is 60.7 Å². The molecule has 0 spiro atoms. The Morgan fingerprint density at radius 3 is 1.79 bits per heavy atom. The molecule has 28 heavy (non-hydrogen) atoms. The first kappa shape index (κ1) is 19.8. The van der Waals surface area contributed by atoms with Gasteiger partial charge < -0.3 is 9.84 Å². The minimum absolute atomic E-state index is 0.108. The number of carbonyl (C=O) groups excluding carboxylic acids is 1. The molecule has 1 heterocycles. The Bertz CT molecular complexity index is 935. The van der Waals surface area contributed by atoms with Crippen LogP contribution >= 0.6 is 7.92 Å². The zero-order valence-corrected chi connectivity index (χ0v) is 16.9. The molecule has 0 unspecified atom stereocenters. The molecule has 3 rings (SSSR count). The molecule has 2 aromatic carbocycles. The summed E-state index contributed by atoms with van der Waals surface area (Å²) in [5.41, 5.74) is -0.237. The minimum atomic E-state index is -1.17. The van der Waals surface area contributed by atoms with Crippen molar-refractivity contribution in [3.8, 4) is 0 Å². The Hall–Kier alpha value is -2.91. The fourth-order valence-corrected chi connectivity index (χ4v) is 5.22. The van der Waals surface area contributed by atoms with Crippen molar-refractivity contribution < 1.29 is 19.4 Å². The summed E-state index contributed by atoms with van der Waals surface area (Å²) >= 11 is 0. The molecule has 6 heteroatoms.